The van der Waals surface area contributed by atoms with Gasteiger partial charge in [0.1, 0.15) is 5.82 Å². The summed E-state index contributed by atoms with van der Waals surface area (Å²) >= 11 is 0. The Morgan fingerprint density at radius 1 is 1.03 bits per heavy atom. The van der Waals surface area contributed by atoms with Crippen molar-refractivity contribution in [2.75, 3.05) is 20.1 Å². The smallest absolute Gasteiger partial charge is 0.242 e. The van der Waals surface area contributed by atoms with Gasteiger partial charge in [0.25, 0.3) is 0 Å². The Labute approximate surface area is 170 Å². The quantitative estimate of drug-likeness (QED) is 0.599. The van der Waals surface area contributed by atoms with Gasteiger partial charge in [0.2, 0.25) is 15.9 Å². The predicted molar refractivity (Wildman–Crippen MR) is 109 cm³/mol. The van der Waals surface area contributed by atoms with Crippen molar-refractivity contribution in [3.05, 3.63) is 65.5 Å². The minimum atomic E-state index is -3.68. The molecule has 0 fully saturated rings. The van der Waals surface area contributed by atoms with E-state index in [1.54, 1.807) is 12.1 Å². The maximum Gasteiger partial charge on any atom is 0.242 e. The SMILES string of the molecule is CC(=O)c1ccc(S(=O)(=O)N(C)CCCC(=O)NCCc2ccc(F)cc2)cc1. The number of ketones is 1. The summed E-state index contributed by atoms with van der Waals surface area (Å²) in [5.74, 6) is -0.594. The van der Waals surface area contributed by atoms with E-state index in [9.17, 15) is 22.4 Å². The first-order valence-electron chi connectivity index (χ1n) is 9.28. The molecule has 1 N–H and O–H groups in total. The van der Waals surface area contributed by atoms with Gasteiger partial charge in [0.15, 0.2) is 5.78 Å². The molecule has 0 heterocycles. The molecule has 2 rings (SSSR count). The Kier molecular flexibility index (Phi) is 8.04. The second-order valence-electron chi connectivity index (χ2n) is 6.74. The van der Waals surface area contributed by atoms with Gasteiger partial charge in [-0.15, -0.1) is 0 Å². The highest BCUT2D eigenvalue weighted by atomic mass is 32.2. The number of sulfonamides is 1. The average molecular weight is 421 g/mol. The van der Waals surface area contributed by atoms with Crippen LogP contribution in [0.25, 0.3) is 0 Å². The molecule has 0 bridgehead atoms. The van der Waals surface area contributed by atoms with Gasteiger partial charge in [-0.2, -0.15) is 0 Å². The van der Waals surface area contributed by atoms with Crippen LogP contribution >= 0.6 is 0 Å². The third-order valence-electron chi connectivity index (χ3n) is 4.49. The molecule has 1 amide bonds. The Hall–Kier alpha value is -2.58. The lowest BCUT2D eigenvalue weighted by atomic mass is 10.1. The number of benzene rings is 2. The molecule has 0 aliphatic carbocycles. The summed E-state index contributed by atoms with van der Waals surface area (Å²) in [4.78, 5) is 23.3. The van der Waals surface area contributed by atoms with Crippen LogP contribution in [0.2, 0.25) is 0 Å². The maximum absolute atomic E-state index is 12.9. The number of carbonyl (C=O) groups excluding carboxylic acids is 2. The lowest BCUT2D eigenvalue weighted by Crippen LogP contribution is -2.30. The van der Waals surface area contributed by atoms with Gasteiger partial charge in [0.05, 0.1) is 4.90 Å². The summed E-state index contributed by atoms with van der Waals surface area (Å²) in [7, 11) is -2.22. The van der Waals surface area contributed by atoms with Crippen LogP contribution in [0.4, 0.5) is 4.39 Å². The van der Waals surface area contributed by atoms with Crippen LogP contribution in [0, 0.1) is 5.82 Å². The van der Waals surface area contributed by atoms with Crippen molar-refractivity contribution < 1.29 is 22.4 Å². The Balaban J connectivity index is 1.75. The second-order valence-corrected chi connectivity index (χ2v) is 8.78. The van der Waals surface area contributed by atoms with E-state index in [0.29, 0.717) is 24.9 Å². The average Bonchev–Trinajstić information content (AvgIpc) is 2.69. The van der Waals surface area contributed by atoms with Crippen molar-refractivity contribution in [1.82, 2.24) is 9.62 Å². The molecular formula is C21H25FN2O4S. The Bertz CT molecular complexity index is 942. The number of Topliss-reactive ketones (excluding diaryl/α,β-unsaturated/α-hetero) is 1. The molecule has 29 heavy (non-hydrogen) atoms. The lowest BCUT2D eigenvalue weighted by molar-refractivity contribution is -0.121. The zero-order chi connectivity index (χ0) is 21.4. The van der Waals surface area contributed by atoms with Crippen LogP contribution in [0.5, 0.6) is 0 Å². The summed E-state index contributed by atoms with van der Waals surface area (Å²) in [6.45, 7) is 2.05. The van der Waals surface area contributed by atoms with Crippen LogP contribution < -0.4 is 5.32 Å². The van der Waals surface area contributed by atoms with Crippen LogP contribution in [0.1, 0.15) is 35.7 Å². The monoisotopic (exact) mass is 420 g/mol. The second kappa shape index (κ2) is 10.3. The van der Waals surface area contributed by atoms with Crippen molar-refractivity contribution in [3.8, 4) is 0 Å². The largest absolute Gasteiger partial charge is 0.356 e. The number of hydrogen-bond acceptors (Lipinski definition) is 4. The molecule has 2 aromatic carbocycles. The summed E-state index contributed by atoms with van der Waals surface area (Å²) < 4.78 is 39.2. The molecular weight excluding hydrogens is 395 g/mol. The topological polar surface area (TPSA) is 83.6 Å². The number of carbonyl (C=O) groups is 2. The molecule has 156 valence electrons. The molecule has 0 atom stereocenters. The first kappa shape index (κ1) is 22.7. The lowest BCUT2D eigenvalue weighted by Gasteiger charge is -2.17. The van der Waals surface area contributed by atoms with Crippen molar-refractivity contribution in [2.45, 2.75) is 31.1 Å². The van der Waals surface area contributed by atoms with E-state index in [1.165, 1.54) is 54.7 Å². The van der Waals surface area contributed by atoms with E-state index >= 15 is 0 Å². The molecule has 0 unspecified atom stereocenters. The minimum Gasteiger partial charge on any atom is -0.356 e. The fraction of sp³-hybridized carbons (Fsp3) is 0.333. The molecule has 0 aliphatic heterocycles. The highest BCUT2D eigenvalue weighted by molar-refractivity contribution is 7.89. The van der Waals surface area contributed by atoms with Crippen LogP contribution in [-0.2, 0) is 21.2 Å². The van der Waals surface area contributed by atoms with Crippen molar-refractivity contribution in [1.29, 1.82) is 0 Å². The number of amides is 1. The normalized spacial score (nSPS) is 11.4. The maximum atomic E-state index is 12.9. The van der Waals surface area contributed by atoms with E-state index < -0.39 is 10.0 Å². The minimum absolute atomic E-state index is 0.105. The van der Waals surface area contributed by atoms with E-state index in [1.807, 2.05) is 0 Å². The predicted octanol–water partition coefficient (Wildman–Crippen LogP) is 2.79. The first-order chi connectivity index (χ1) is 13.7. The molecule has 8 heteroatoms. The number of nitrogens with one attached hydrogen (secondary N) is 1. The number of hydrogen-bond donors (Lipinski definition) is 1. The van der Waals surface area contributed by atoms with Gasteiger partial charge in [0, 0.05) is 32.1 Å². The van der Waals surface area contributed by atoms with E-state index in [2.05, 4.69) is 5.32 Å². The van der Waals surface area contributed by atoms with Gasteiger partial charge in [-0.3, -0.25) is 9.59 Å². The van der Waals surface area contributed by atoms with E-state index in [0.717, 1.165) is 5.56 Å². The molecule has 0 radical (unpaired) electrons. The van der Waals surface area contributed by atoms with Crippen molar-refractivity contribution >= 4 is 21.7 Å². The van der Waals surface area contributed by atoms with E-state index in [4.69, 9.17) is 0 Å². The van der Waals surface area contributed by atoms with Crippen molar-refractivity contribution in [3.63, 3.8) is 0 Å². The molecule has 0 aromatic heterocycles. The fourth-order valence-electron chi connectivity index (χ4n) is 2.71. The third-order valence-corrected chi connectivity index (χ3v) is 6.37. The molecule has 0 saturated heterocycles. The Morgan fingerprint density at radius 3 is 2.24 bits per heavy atom. The molecule has 6 nitrogen and oxygen atoms in total. The number of halogens is 1. The summed E-state index contributed by atoms with van der Waals surface area (Å²) in [6.07, 6.45) is 1.17. The van der Waals surface area contributed by atoms with Crippen LogP contribution in [0.15, 0.2) is 53.4 Å². The third kappa shape index (κ3) is 6.76. The highest BCUT2D eigenvalue weighted by Gasteiger charge is 2.20. The van der Waals surface area contributed by atoms with Crippen molar-refractivity contribution in [2.24, 2.45) is 0 Å². The van der Waals surface area contributed by atoms with Gasteiger partial charge in [-0.25, -0.2) is 17.1 Å². The van der Waals surface area contributed by atoms with Gasteiger partial charge in [-0.05, 0) is 49.6 Å². The fourth-order valence-corrected chi connectivity index (χ4v) is 3.92. The molecule has 0 spiro atoms. The molecule has 0 aliphatic rings. The summed E-state index contributed by atoms with van der Waals surface area (Å²) in [5, 5.41) is 2.77. The van der Waals surface area contributed by atoms with E-state index in [-0.39, 0.29) is 35.4 Å². The van der Waals surface area contributed by atoms with Crippen LogP contribution in [0.3, 0.4) is 0 Å². The van der Waals surface area contributed by atoms with Crippen LogP contribution in [-0.4, -0.2) is 44.6 Å². The number of rotatable bonds is 10. The van der Waals surface area contributed by atoms with Gasteiger partial charge >= 0.3 is 0 Å². The molecule has 0 saturated carbocycles. The highest BCUT2D eigenvalue weighted by Crippen LogP contribution is 2.16. The Morgan fingerprint density at radius 2 is 1.66 bits per heavy atom. The zero-order valence-electron chi connectivity index (χ0n) is 16.5. The molecule has 2 aromatic rings. The summed E-state index contributed by atoms with van der Waals surface area (Å²) in [5.41, 5.74) is 1.37. The number of nitrogens with zero attached hydrogens (tertiary/aromatic N) is 1. The zero-order valence-corrected chi connectivity index (χ0v) is 17.3. The standard InChI is InChI=1S/C21H25FN2O4S/c1-16(25)18-7-11-20(12-8-18)29(27,28)24(2)15-3-4-21(26)23-14-13-17-5-9-19(22)10-6-17/h5-12H,3-4,13-15H2,1-2H3,(H,23,26). The van der Waals surface area contributed by atoms with Gasteiger partial charge in [-0.1, -0.05) is 24.3 Å². The summed E-state index contributed by atoms with van der Waals surface area (Å²) in [6, 6.07) is 11.9. The van der Waals surface area contributed by atoms with Gasteiger partial charge < -0.3 is 5.32 Å². The first-order valence-corrected chi connectivity index (χ1v) is 10.7.